The monoisotopic (exact) mass is 246 g/mol. The summed E-state index contributed by atoms with van der Waals surface area (Å²) in [5.41, 5.74) is 8.35. The largest absolute Gasteiger partial charge is 0.330 e. The van der Waals surface area contributed by atoms with Gasteiger partial charge in [0.25, 0.3) is 0 Å². The number of nitrogens with zero attached hydrogens (tertiary/aromatic N) is 1. The van der Waals surface area contributed by atoms with Crippen LogP contribution >= 0.6 is 0 Å². The molecule has 0 unspecified atom stereocenters. The van der Waals surface area contributed by atoms with Crippen LogP contribution in [0.1, 0.15) is 31.9 Å². The van der Waals surface area contributed by atoms with E-state index in [2.05, 4.69) is 13.8 Å². The molecule has 0 spiro atoms. The second-order valence-corrected chi connectivity index (χ2v) is 5.36. The van der Waals surface area contributed by atoms with Gasteiger partial charge in [0.05, 0.1) is 12.1 Å². The van der Waals surface area contributed by atoms with E-state index in [9.17, 15) is 9.59 Å². The number of amides is 2. The standard InChI is InChI=1S/C14H18N2O2/c1-9(17)16-12-5-4-11(14(2,3)8-15)6-10(12)7-13(16)18/h4-6H,7-8,15H2,1-3H3. The highest BCUT2D eigenvalue weighted by molar-refractivity contribution is 6.18. The van der Waals surface area contributed by atoms with Crippen molar-refractivity contribution in [3.05, 3.63) is 29.3 Å². The minimum absolute atomic E-state index is 0.123. The fourth-order valence-electron chi connectivity index (χ4n) is 2.21. The van der Waals surface area contributed by atoms with E-state index in [4.69, 9.17) is 5.73 Å². The molecule has 96 valence electrons. The molecule has 1 aliphatic rings. The maximum absolute atomic E-state index is 11.8. The molecule has 0 aromatic heterocycles. The van der Waals surface area contributed by atoms with E-state index in [1.54, 1.807) is 0 Å². The van der Waals surface area contributed by atoms with Crippen LogP contribution in [0, 0.1) is 0 Å². The third-order valence-corrected chi connectivity index (χ3v) is 3.52. The van der Waals surface area contributed by atoms with Crippen molar-refractivity contribution in [2.45, 2.75) is 32.6 Å². The van der Waals surface area contributed by atoms with Crippen molar-refractivity contribution in [3.63, 3.8) is 0 Å². The predicted molar refractivity (Wildman–Crippen MR) is 70.4 cm³/mol. The Balaban J connectivity index is 2.46. The predicted octanol–water partition coefficient (Wildman–Crippen LogP) is 1.36. The van der Waals surface area contributed by atoms with Gasteiger partial charge < -0.3 is 5.73 Å². The van der Waals surface area contributed by atoms with Crippen molar-refractivity contribution in [2.75, 3.05) is 11.4 Å². The maximum atomic E-state index is 11.8. The molecule has 1 aromatic carbocycles. The fraction of sp³-hybridized carbons (Fsp3) is 0.429. The summed E-state index contributed by atoms with van der Waals surface area (Å²) in [6.45, 7) is 6.07. The molecule has 2 N–H and O–H groups in total. The summed E-state index contributed by atoms with van der Waals surface area (Å²) >= 11 is 0. The molecule has 0 fully saturated rings. The van der Waals surface area contributed by atoms with E-state index in [1.165, 1.54) is 11.8 Å². The molecule has 2 rings (SSSR count). The Morgan fingerprint density at radius 3 is 2.67 bits per heavy atom. The first-order chi connectivity index (χ1) is 8.36. The Kier molecular flexibility index (Phi) is 2.99. The first-order valence-electron chi connectivity index (χ1n) is 6.04. The zero-order valence-electron chi connectivity index (χ0n) is 11.0. The van der Waals surface area contributed by atoms with E-state index in [0.717, 1.165) is 11.1 Å². The van der Waals surface area contributed by atoms with Crippen LogP contribution in [0.3, 0.4) is 0 Å². The minimum atomic E-state index is -0.232. The number of rotatable bonds is 2. The average Bonchev–Trinajstić information content (AvgIpc) is 2.63. The van der Waals surface area contributed by atoms with Crippen LogP contribution in [0.4, 0.5) is 5.69 Å². The van der Waals surface area contributed by atoms with Crippen LogP contribution in [0.5, 0.6) is 0 Å². The van der Waals surface area contributed by atoms with E-state index >= 15 is 0 Å². The average molecular weight is 246 g/mol. The molecule has 18 heavy (non-hydrogen) atoms. The molecule has 0 atom stereocenters. The number of hydrogen-bond acceptors (Lipinski definition) is 3. The number of benzene rings is 1. The third kappa shape index (κ3) is 1.93. The number of fused-ring (bicyclic) bond motifs is 1. The van der Waals surface area contributed by atoms with Crippen molar-refractivity contribution in [1.82, 2.24) is 0 Å². The molecule has 4 heteroatoms. The molecule has 0 saturated carbocycles. The van der Waals surface area contributed by atoms with Crippen molar-refractivity contribution in [3.8, 4) is 0 Å². The lowest BCUT2D eigenvalue weighted by Gasteiger charge is -2.24. The van der Waals surface area contributed by atoms with E-state index in [1.807, 2.05) is 18.2 Å². The molecule has 2 amide bonds. The van der Waals surface area contributed by atoms with Gasteiger partial charge in [-0.25, -0.2) is 0 Å². The van der Waals surface area contributed by atoms with Gasteiger partial charge in [0.2, 0.25) is 11.8 Å². The summed E-state index contributed by atoms with van der Waals surface area (Å²) in [7, 11) is 0. The van der Waals surface area contributed by atoms with Crippen LogP contribution in [0.25, 0.3) is 0 Å². The summed E-state index contributed by atoms with van der Waals surface area (Å²) in [4.78, 5) is 24.5. The van der Waals surface area contributed by atoms with Crippen molar-refractivity contribution in [2.24, 2.45) is 5.73 Å². The molecular weight excluding hydrogens is 228 g/mol. The highest BCUT2D eigenvalue weighted by Gasteiger charge is 2.31. The van der Waals surface area contributed by atoms with Gasteiger partial charge in [0.15, 0.2) is 0 Å². The van der Waals surface area contributed by atoms with Gasteiger partial charge in [-0.3, -0.25) is 14.5 Å². The molecule has 0 saturated heterocycles. The molecule has 0 bridgehead atoms. The van der Waals surface area contributed by atoms with E-state index in [0.29, 0.717) is 18.7 Å². The first kappa shape index (κ1) is 12.8. The zero-order chi connectivity index (χ0) is 13.5. The smallest absolute Gasteiger partial charge is 0.238 e. The van der Waals surface area contributed by atoms with Crippen LogP contribution < -0.4 is 10.6 Å². The van der Waals surface area contributed by atoms with Gasteiger partial charge in [0.1, 0.15) is 0 Å². The molecule has 4 nitrogen and oxygen atoms in total. The van der Waals surface area contributed by atoms with Gasteiger partial charge in [-0.15, -0.1) is 0 Å². The SMILES string of the molecule is CC(=O)N1C(=O)Cc2cc(C(C)(C)CN)ccc21. The quantitative estimate of drug-likeness (QED) is 0.857. The topological polar surface area (TPSA) is 63.4 Å². The third-order valence-electron chi connectivity index (χ3n) is 3.52. The number of imide groups is 1. The van der Waals surface area contributed by atoms with Gasteiger partial charge >= 0.3 is 0 Å². The van der Waals surface area contributed by atoms with Crippen molar-refractivity contribution < 1.29 is 9.59 Å². The number of nitrogens with two attached hydrogens (primary N) is 1. The Morgan fingerprint density at radius 2 is 2.11 bits per heavy atom. The summed E-state index contributed by atoms with van der Waals surface area (Å²) in [5, 5.41) is 0. The highest BCUT2D eigenvalue weighted by Crippen LogP contribution is 2.33. The first-order valence-corrected chi connectivity index (χ1v) is 6.04. The number of hydrogen-bond donors (Lipinski definition) is 1. The van der Waals surface area contributed by atoms with Crippen LogP contribution in [0.15, 0.2) is 18.2 Å². The molecule has 1 aliphatic heterocycles. The van der Waals surface area contributed by atoms with E-state index in [-0.39, 0.29) is 17.2 Å². The number of carbonyl (C=O) groups is 2. The summed E-state index contributed by atoms with van der Waals surface area (Å²) in [6, 6.07) is 5.78. The second-order valence-electron chi connectivity index (χ2n) is 5.36. The summed E-state index contributed by atoms with van der Waals surface area (Å²) < 4.78 is 0. The molecular formula is C14H18N2O2. The molecule has 0 radical (unpaired) electrons. The minimum Gasteiger partial charge on any atom is -0.330 e. The highest BCUT2D eigenvalue weighted by atomic mass is 16.2. The second kappa shape index (κ2) is 4.21. The van der Waals surface area contributed by atoms with Crippen LogP contribution in [-0.4, -0.2) is 18.4 Å². The summed E-state index contributed by atoms with van der Waals surface area (Å²) in [6.07, 6.45) is 0.295. The lowest BCUT2D eigenvalue weighted by molar-refractivity contribution is -0.124. The maximum Gasteiger partial charge on any atom is 0.238 e. The van der Waals surface area contributed by atoms with Crippen molar-refractivity contribution >= 4 is 17.5 Å². The number of anilines is 1. The normalized spacial score (nSPS) is 14.9. The Hall–Kier alpha value is -1.68. The molecule has 0 aliphatic carbocycles. The Labute approximate surface area is 107 Å². The van der Waals surface area contributed by atoms with Gasteiger partial charge in [-0.05, 0) is 17.2 Å². The number of carbonyl (C=O) groups excluding carboxylic acids is 2. The van der Waals surface area contributed by atoms with Crippen molar-refractivity contribution in [1.29, 1.82) is 0 Å². The van der Waals surface area contributed by atoms with Gasteiger partial charge in [-0.1, -0.05) is 26.0 Å². The Morgan fingerprint density at radius 1 is 1.44 bits per heavy atom. The lowest BCUT2D eigenvalue weighted by atomic mass is 9.84. The van der Waals surface area contributed by atoms with Gasteiger partial charge in [0, 0.05) is 18.9 Å². The van der Waals surface area contributed by atoms with E-state index < -0.39 is 0 Å². The van der Waals surface area contributed by atoms with Crippen LogP contribution in [-0.2, 0) is 21.4 Å². The summed E-state index contributed by atoms with van der Waals surface area (Å²) in [5.74, 6) is -0.384. The Bertz CT molecular complexity index is 521. The molecule has 1 heterocycles. The fourth-order valence-corrected chi connectivity index (χ4v) is 2.21. The van der Waals surface area contributed by atoms with Gasteiger partial charge in [-0.2, -0.15) is 0 Å². The zero-order valence-corrected chi connectivity index (χ0v) is 11.0. The lowest BCUT2D eigenvalue weighted by Crippen LogP contribution is -2.31. The molecule has 1 aromatic rings. The van der Waals surface area contributed by atoms with Crippen LogP contribution in [0.2, 0.25) is 0 Å².